The van der Waals surface area contributed by atoms with Crippen LogP contribution in [-0.4, -0.2) is 43.5 Å². The first-order valence-electron chi connectivity index (χ1n) is 5.53. The molecule has 0 saturated carbocycles. The van der Waals surface area contributed by atoms with Crippen LogP contribution in [0.1, 0.15) is 10.4 Å². The maximum Gasteiger partial charge on any atom is 0.337 e. The molecule has 0 bridgehead atoms. The van der Waals surface area contributed by atoms with Gasteiger partial charge in [0.05, 0.1) is 31.5 Å². The molecule has 1 heterocycles. The van der Waals surface area contributed by atoms with Gasteiger partial charge < -0.3 is 19.9 Å². The Kier molecular flexibility index (Phi) is 3.95. The molecule has 1 aliphatic heterocycles. The number of aromatic carboxylic acids is 1. The second-order valence-electron chi connectivity index (χ2n) is 3.80. The van der Waals surface area contributed by atoms with Gasteiger partial charge in [-0.25, -0.2) is 4.79 Å². The average Bonchev–Trinajstić information content (AvgIpc) is 2.38. The number of benzene rings is 1. The van der Waals surface area contributed by atoms with Gasteiger partial charge in [-0.05, 0) is 12.1 Å². The number of rotatable bonds is 4. The first-order chi connectivity index (χ1) is 8.27. The van der Waals surface area contributed by atoms with Crippen LogP contribution in [0.25, 0.3) is 0 Å². The van der Waals surface area contributed by atoms with E-state index in [-0.39, 0.29) is 11.7 Å². The van der Waals surface area contributed by atoms with E-state index in [0.717, 1.165) is 0 Å². The van der Waals surface area contributed by atoms with E-state index in [9.17, 15) is 4.79 Å². The minimum Gasteiger partial charge on any atom is -0.478 e. The van der Waals surface area contributed by atoms with Crippen molar-refractivity contribution in [3.63, 3.8) is 0 Å². The van der Waals surface area contributed by atoms with Gasteiger partial charge in [0.15, 0.2) is 0 Å². The Labute approximate surface area is 99.3 Å². The van der Waals surface area contributed by atoms with Gasteiger partial charge in [-0.3, -0.25) is 0 Å². The minimum absolute atomic E-state index is 0.0226. The summed E-state index contributed by atoms with van der Waals surface area (Å²) >= 11 is 0. The van der Waals surface area contributed by atoms with Crippen molar-refractivity contribution in [3.8, 4) is 0 Å². The van der Waals surface area contributed by atoms with Crippen LogP contribution in [0.3, 0.4) is 0 Å². The highest BCUT2D eigenvalue weighted by molar-refractivity contribution is 5.94. The topological polar surface area (TPSA) is 67.8 Å². The van der Waals surface area contributed by atoms with Crippen LogP contribution in [0.2, 0.25) is 0 Å². The predicted octanol–water partition coefficient (Wildman–Crippen LogP) is 1.21. The molecule has 1 aromatic rings. The van der Waals surface area contributed by atoms with Crippen molar-refractivity contribution < 1.29 is 19.4 Å². The number of carboxylic acids is 1. The Bertz CT molecular complexity index is 388. The molecule has 1 aliphatic rings. The maximum absolute atomic E-state index is 11.0. The Morgan fingerprint density at radius 3 is 2.94 bits per heavy atom. The number of carboxylic acid groups (broad SMARTS) is 1. The molecule has 0 aliphatic carbocycles. The Balaban J connectivity index is 1.96. The van der Waals surface area contributed by atoms with Crippen molar-refractivity contribution in [1.29, 1.82) is 0 Å². The lowest BCUT2D eigenvalue weighted by atomic mass is 10.1. The summed E-state index contributed by atoms with van der Waals surface area (Å²) in [6.45, 7) is 2.31. The van der Waals surface area contributed by atoms with E-state index in [1.807, 2.05) is 0 Å². The summed E-state index contributed by atoms with van der Waals surface area (Å²) in [5, 5.41) is 12.1. The van der Waals surface area contributed by atoms with E-state index in [4.69, 9.17) is 14.6 Å². The van der Waals surface area contributed by atoms with E-state index in [0.29, 0.717) is 32.1 Å². The standard InChI is InChI=1S/C12H15NO4/c14-12(15)10-3-1-2-4-11(10)13-7-9-8-16-5-6-17-9/h1-4,9,13H,5-8H2,(H,14,15). The first-order valence-corrected chi connectivity index (χ1v) is 5.53. The normalized spacial score (nSPS) is 19.9. The molecule has 1 atom stereocenters. The van der Waals surface area contributed by atoms with Gasteiger partial charge in [0, 0.05) is 12.2 Å². The lowest BCUT2D eigenvalue weighted by Gasteiger charge is -2.23. The van der Waals surface area contributed by atoms with Gasteiger partial charge in [0.25, 0.3) is 0 Å². The second kappa shape index (κ2) is 5.65. The van der Waals surface area contributed by atoms with Crippen molar-refractivity contribution >= 4 is 11.7 Å². The second-order valence-corrected chi connectivity index (χ2v) is 3.80. The highest BCUT2D eigenvalue weighted by atomic mass is 16.6. The number of hydrogen-bond acceptors (Lipinski definition) is 4. The van der Waals surface area contributed by atoms with Crippen LogP contribution in [0.15, 0.2) is 24.3 Å². The molecule has 92 valence electrons. The third-order valence-electron chi connectivity index (χ3n) is 2.56. The Morgan fingerprint density at radius 2 is 2.24 bits per heavy atom. The van der Waals surface area contributed by atoms with Crippen molar-refractivity contribution in [1.82, 2.24) is 0 Å². The molecule has 0 radical (unpaired) electrons. The van der Waals surface area contributed by atoms with Crippen LogP contribution in [0.5, 0.6) is 0 Å². The maximum atomic E-state index is 11.0. The van der Waals surface area contributed by atoms with Crippen LogP contribution < -0.4 is 5.32 Å². The fourth-order valence-electron chi connectivity index (χ4n) is 1.70. The van der Waals surface area contributed by atoms with Crippen LogP contribution in [0.4, 0.5) is 5.69 Å². The molecule has 5 nitrogen and oxygen atoms in total. The summed E-state index contributed by atoms with van der Waals surface area (Å²) in [5.41, 5.74) is 0.874. The average molecular weight is 237 g/mol. The van der Waals surface area contributed by atoms with Crippen molar-refractivity contribution in [2.45, 2.75) is 6.10 Å². The Hall–Kier alpha value is -1.59. The van der Waals surface area contributed by atoms with Gasteiger partial charge in [-0.2, -0.15) is 0 Å². The van der Waals surface area contributed by atoms with E-state index >= 15 is 0 Å². The summed E-state index contributed by atoms with van der Waals surface area (Å²) in [6, 6.07) is 6.82. The zero-order chi connectivity index (χ0) is 12.1. The highest BCUT2D eigenvalue weighted by Gasteiger charge is 2.15. The Morgan fingerprint density at radius 1 is 1.41 bits per heavy atom. The number of ether oxygens (including phenoxy) is 2. The molecule has 1 aromatic carbocycles. The number of hydrogen-bond donors (Lipinski definition) is 2. The van der Waals surface area contributed by atoms with Crippen LogP contribution >= 0.6 is 0 Å². The van der Waals surface area contributed by atoms with E-state index in [2.05, 4.69) is 5.32 Å². The first kappa shape index (κ1) is 11.9. The fraction of sp³-hybridized carbons (Fsp3) is 0.417. The number of carbonyl (C=O) groups is 1. The quantitative estimate of drug-likeness (QED) is 0.824. The fourth-order valence-corrected chi connectivity index (χ4v) is 1.70. The van der Waals surface area contributed by atoms with Crippen LogP contribution in [-0.2, 0) is 9.47 Å². The molecule has 1 saturated heterocycles. The largest absolute Gasteiger partial charge is 0.478 e. The number of para-hydroxylation sites is 1. The van der Waals surface area contributed by atoms with Crippen LogP contribution in [0, 0.1) is 0 Å². The van der Waals surface area contributed by atoms with Gasteiger partial charge in [-0.1, -0.05) is 12.1 Å². The zero-order valence-electron chi connectivity index (χ0n) is 9.39. The van der Waals surface area contributed by atoms with E-state index in [1.165, 1.54) is 0 Å². The van der Waals surface area contributed by atoms with Gasteiger partial charge in [-0.15, -0.1) is 0 Å². The molecule has 17 heavy (non-hydrogen) atoms. The number of anilines is 1. The highest BCUT2D eigenvalue weighted by Crippen LogP contribution is 2.15. The molecule has 2 rings (SSSR count). The minimum atomic E-state index is -0.936. The smallest absolute Gasteiger partial charge is 0.337 e. The molecule has 1 unspecified atom stereocenters. The van der Waals surface area contributed by atoms with Crippen molar-refractivity contribution in [2.24, 2.45) is 0 Å². The lowest BCUT2D eigenvalue weighted by Crippen LogP contribution is -2.34. The van der Waals surface area contributed by atoms with E-state index < -0.39 is 5.97 Å². The van der Waals surface area contributed by atoms with Crippen molar-refractivity contribution in [2.75, 3.05) is 31.7 Å². The van der Waals surface area contributed by atoms with Gasteiger partial charge in [0.2, 0.25) is 0 Å². The summed E-state index contributed by atoms with van der Waals surface area (Å²) < 4.78 is 10.7. The SMILES string of the molecule is O=C(O)c1ccccc1NCC1COCCO1. The third kappa shape index (κ3) is 3.18. The van der Waals surface area contributed by atoms with Crippen molar-refractivity contribution in [3.05, 3.63) is 29.8 Å². The molecule has 0 spiro atoms. The monoisotopic (exact) mass is 237 g/mol. The number of nitrogens with one attached hydrogen (secondary N) is 1. The summed E-state index contributed by atoms with van der Waals surface area (Å²) in [6.07, 6.45) is -0.0226. The molecule has 0 amide bonds. The molecule has 1 fully saturated rings. The molecule has 2 N–H and O–H groups in total. The molecule has 5 heteroatoms. The van der Waals surface area contributed by atoms with E-state index in [1.54, 1.807) is 24.3 Å². The third-order valence-corrected chi connectivity index (χ3v) is 2.56. The van der Waals surface area contributed by atoms with Gasteiger partial charge in [0.1, 0.15) is 0 Å². The molecular weight excluding hydrogens is 222 g/mol. The molecular formula is C12H15NO4. The summed E-state index contributed by atoms with van der Waals surface area (Å²) in [7, 11) is 0. The van der Waals surface area contributed by atoms with Gasteiger partial charge >= 0.3 is 5.97 Å². The summed E-state index contributed by atoms with van der Waals surface area (Å²) in [4.78, 5) is 11.0. The molecule has 0 aromatic heterocycles. The predicted molar refractivity (Wildman–Crippen MR) is 62.5 cm³/mol. The zero-order valence-corrected chi connectivity index (χ0v) is 9.39. The lowest BCUT2D eigenvalue weighted by molar-refractivity contribution is -0.0818. The summed E-state index contributed by atoms with van der Waals surface area (Å²) in [5.74, 6) is -0.936.